The van der Waals surface area contributed by atoms with Crippen molar-refractivity contribution in [3.8, 4) is 11.5 Å². The van der Waals surface area contributed by atoms with Crippen molar-refractivity contribution < 1.29 is 10.2 Å². The number of hydrogen-bond donors (Lipinski definition) is 2. The van der Waals surface area contributed by atoms with Crippen LogP contribution in [0.25, 0.3) is 0 Å². The van der Waals surface area contributed by atoms with Gasteiger partial charge in [-0.2, -0.15) is 0 Å². The van der Waals surface area contributed by atoms with Crippen molar-refractivity contribution in [1.82, 2.24) is 0 Å². The third-order valence-electron chi connectivity index (χ3n) is 6.51. The molecule has 0 bridgehead atoms. The molecule has 0 amide bonds. The van der Waals surface area contributed by atoms with Crippen molar-refractivity contribution in [2.24, 2.45) is 0 Å². The number of rotatable bonds is 14. The highest BCUT2D eigenvalue weighted by atomic mass is 16.3. The van der Waals surface area contributed by atoms with Gasteiger partial charge < -0.3 is 10.2 Å². The molecular weight excluding hydrogens is 380 g/mol. The Balaban J connectivity index is 2.07. The molecule has 2 aromatic rings. The van der Waals surface area contributed by atoms with Crippen molar-refractivity contribution in [3.63, 3.8) is 0 Å². The van der Waals surface area contributed by atoms with Crippen molar-refractivity contribution in [2.75, 3.05) is 0 Å². The fourth-order valence-electron chi connectivity index (χ4n) is 4.54. The Morgan fingerprint density at radius 1 is 0.516 bits per heavy atom. The van der Waals surface area contributed by atoms with Crippen LogP contribution in [0.5, 0.6) is 11.5 Å². The molecule has 0 aliphatic heterocycles. The number of phenols is 2. The normalized spacial score (nSPS) is 11.2. The number of unbranched alkanes of at least 4 members (excludes halogenated alkanes) is 7. The van der Waals surface area contributed by atoms with Crippen LogP contribution in [-0.2, 0) is 32.1 Å². The number of aryl methyl sites for hydroxylation is 4. The molecular formula is C29H44O2. The molecule has 2 aromatic carbocycles. The number of phenolic OH excluding ortho intramolecular Hbond substituents is 2. The molecule has 0 aromatic heterocycles. The second-order valence-corrected chi connectivity index (χ2v) is 8.99. The molecule has 0 aliphatic rings. The summed E-state index contributed by atoms with van der Waals surface area (Å²) in [6.45, 7) is 8.54. The molecule has 2 nitrogen and oxygen atoms in total. The SMILES string of the molecule is CCCCCCCCCCc1cc(CC)c(O)c(Cc2cc(CC)c(O)c(CC)c2)c1. The third-order valence-corrected chi connectivity index (χ3v) is 6.51. The quantitative estimate of drug-likeness (QED) is 0.301. The first-order chi connectivity index (χ1) is 15.0. The first-order valence-electron chi connectivity index (χ1n) is 12.7. The van der Waals surface area contributed by atoms with E-state index in [1.807, 2.05) is 0 Å². The predicted molar refractivity (Wildman–Crippen MR) is 133 cm³/mol. The van der Waals surface area contributed by atoms with Crippen LogP contribution >= 0.6 is 0 Å². The maximum atomic E-state index is 10.8. The molecule has 0 heterocycles. The van der Waals surface area contributed by atoms with Crippen LogP contribution in [0.2, 0.25) is 0 Å². The highest BCUT2D eigenvalue weighted by Crippen LogP contribution is 2.31. The van der Waals surface area contributed by atoms with Crippen molar-refractivity contribution in [1.29, 1.82) is 0 Å². The lowest BCUT2D eigenvalue weighted by Crippen LogP contribution is -1.99. The van der Waals surface area contributed by atoms with E-state index in [-0.39, 0.29) is 0 Å². The monoisotopic (exact) mass is 424 g/mol. The van der Waals surface area contributed by atoms with Gasteiger partial charge in [-0.15, -0.1) is 0 Å². The predicted octanol–water partition coefficient (Wildman–Crippen LogP) is 8.06. The Hall–Kier alpha value is -1.96. The molecule has 0 spiro atoms. The Bertz CT molecular complexity index is 782. The molecule has 0 atom stereocenters. The average molecular weight is 425 g/mol. The summed E-state index contributed by atoms with van der Waals surface area (Å²) < 4.78 is 0. The standard InChI is InChI=1S/C29H44O2/c1-5-9-10-11-12-13-14-15-16-22-17-24(6-2)29(31)27(18-22)21-23-19-25(7-3)28(30)26(8-4)20-23/h17-20,30-31H,5-16,21H2,1-4H3. The molecule has 0 aliphatic carbocycles. The molecule has 0 radical (unpaired) electrons. The number of hydrogen-bond acceptors (Lipinski definition) is 2. The van der Waals surface area contributed by atoms with Gasteiger partial charge in [-0.3, -0.25) is 0 Å². The summed E-state index contributed by atoms with van der Waals surface area (Å²) in [7, 11) is 0. The summed E-state index contributed by atoms with van der Waals surface area (Å²) in [6, 6.07) is 8.61. The number of benzene rings is 2. The minimum absolute atomic E-state index is 0.440. The third kappa shape index (κ3) is 7.59. The van der Waals surface area contributed by atoms with Gasteiger partial charge in [0.1, 0.15) is 11.5 Å². The van der Waals surface area contributed by atoms with E-state index in [9.17, 15) is 10.2 Å². The van der Waals surface area contributed by atoms with E-state index in [4.69, 9.17) is 0 Å². The van der Waals surface area contributed by atoms with Gasteiger partial charge in [0.05, 0.1) is 0 Å². The summed E-state index contributed by atoms with van der Waals surface area (Å²) in [5.74, 6) is 0.891. The molecule has 172 valence electrons. The minimum atomic E-state index is 0.440. The van der Waals surface area contributed by atoms with E-state index >= 15 is 0 Å². The van der Waals surface area contributed by atoms with Gasteiger partial charge in [0.15, 0.2) is 0 Å². The number of aromatic hydroxyl groups is 2. The van der Waals surface area contributed by atoms with Crippen LogP contribution < -0.4 is 0 Å². The van der Waals surface area contributed by atoms with Crippen LogP contribution in [0.4, 0.5) is 0 Å². The van der Waals surface area contributed by atoms with E-state index in [0.717, 1.165) is 47.9 Å². The second kappa shape index (κ2) is 13.5. The summed E-state index contributed by atoms with van der Waals surface area (Å²) in [5.41, 5.74) is 6.59. The molecule has 0 fully saturated rings. The zero-order valence-electron chi connectivity index (χ0n) is 20.4. The first-order valence-corrected chi connectivity index (χ1v) is 12.7. The van der Waals surface area contributed by atoms with Crippen LogP contribution in [0.3, 0.4) is 0 Å². The lowest BCUT2D eigenvalue weighted by atomic mass is 9.92. The Morgan fingerprint density at radius 2 is 0.935 bits per heavy atom. The molecule has 0 saturated carbocycles. The van der Waals surface area contributed by atoms with Crippen molar-refractivity contribution >= 4 is 0 Å². The van der Waals surface area contributed by atoms with Gasteiger partial charge in [-0.05, 0) is 65.5 Å². The Kier molecular flexibility index (Phi) is 11.0. The van der Waals surface area contributed by atoms with E-state index in [1.165, 1.54) is 62.5 Å². The van der Waals surface area contributed by atoms with Gasteiger partial charge in [0, 0.05) is 6.42 Å². The Labute approximate surface area is 190 Å². The molecule has 2 rings (SSSR count). The maximum absolute atomic E-state index is 10.8. The van der Waals surface area contributed by atoms with E-state index in [0.29, 0.717) is 17.9 Å². The van der Waals surface area contributed by atoms with E-state index < -0.39 is 0 Å². The highest BCUT2D eigenvalue weighted by molar-refractivity contribution is 5.49. The fraction of sp³-hybridized carbons (Fsp3) is 0.586. The van der Waals surface area contributed by atoms with Gasteiger partial charge in [0.25, 0.3) is 0 Å². The maximum Gasteiger partial charge on any atom is 0.122 e. The van der Waals surface area contributed by atoms with Crippen LogP contribution in [0, 0.1) is 0 Å². The summed E-state index contributed by atoms with van der Waals surface area (Å²) in [4.78, 5) is 0. The minimum Gasteiger partial charge on any atom is -0.507 e. The van der Waals surface area contributed by atoms with Gasteiger partial charge in [-0.25, -0.2) is 0 Å². The lowest BCUT2D eigenvalue weighted by Gasteiger charge is -2.15. The summed E-state index contributed by atoms with van der Waals surface area (Å²) in [5, 5.41) is 21.3. The van der Waals surface area contributed by atoms with Crippen LogP contribution in [-0.4, -0.2) is 10.2 Å². The highest BCUT2D eigenvalue weighted by Gasteiger charge is 2.13. The molecule has 0 unspecified atom stereocenters. The van der Waals surface area contributed by atoms with Crippen LogP contribution in [0.1, 0.15) is 112 Å². The van der Waals surface area contributed by atoms with Crippen molar-refractivity contribution in [2.45, 2.75) is 111 Å². The average Bonchev–Trinajstić information content (AvgIpc) is 2.78. The second-order valence-electron chi connectivity index (χ2n) is 8.99. The zero-order chi connectivity index (χ0) is 22.6. The lowest BCUT2D eigenvalue weighted by molar-refractivity contribution is 0.461. The molecule has 2 N–H and O–H groups in total. The van der Waals surface area contributed by atoms with E-state index in [2.05, 4.69) is 52.0 Å². The molecule has 0 saturated heterocycles. The summed E-state index contributed by atoms with van der Waals surface area (Å²) in [6.07, 6.45) is 14.9. The van der Waals surface area contributed by atoms with Gasteiger partial charge in [0.2, 0.25) is 0 Å². The first kappa shape index (κ1) is 25.3. The zero-order valence-corrected chi connectivity index (χ0v) is 20.4. The Morgan fingerprint density at radius 3 is 1.45 bits per heavy atom. The van der Waals surface area contributed by atoms with Gasteiger partial charge in [-0.1, -0.05) is 96.9 Å². The summed E-state index contributed by atoms with van der Waals surface area (Å²) >= 11 is 0. The van der Waals surface area contributed by atoms with E-state index in [1.54, 1.807) is 0 Å². The van der Waals surface area contributed by atoms with Gasteiger partial charge >= 0.3 is 0 Å². The molecule has 31 heavy (non-hydrogen) atoms. The topological polar surface area (TPSA) is 40.5 Å². The smallest absolute Gasteiger partial charge is 0.122 e. The largest absolute Gasteiger partial charge is 0.507 e. The fourth-order valence-corrected chi connectivity index (χ4v) is 4.54. The van der Waals surface area contributed by atoms with Crippen molar-refractivity contribution in [3.05, 3.63) is 57.6 Å². The van der Waals surface area contributed by atoms with Crippen LogP contribution in [0.15, 0.2) is 24.3 Å². The molecule has 2 heteroatoms.